The predicted octanol–water partition coefficient (Wildman–Crippen LogP) is 6.33. The first-order valence-corrected chi connectivity index (χ1v) is 15.0. The zero-order chi connectivity index (χ0) is 27.8. The highest BCUT2D eigenvalue weighted by atomic mass is 32.1. The molecule has 40 heavy (non-hydrogen) atoms. The Morgan fingerprint density at radius 3 is 2.60 bits per heavy atom. The quantitative estimate of drug-likeness (QED) is 0.246. The van der Waals surface area contributed by atoms with E-state index in [1.54, 1.807) is 17.4 Å². The Morgan fingerprint density at radius 2 is 1.90 bits per heavy atom. The molecule has 6 nitrogen and oxygen atoms in total. The van der Waals surface area contributed by atoms with Gasteiger partial charge >= 0.3 is 0 Å². The number of imide groups is 1. The Balaban J connectivity index is 1.26. The molecule has 2 aromatic heterocycles. The van der Waals surface area contributed by atoms with Crippen LogP contribution in [0.5, 0.6) is 0 Å². The first kappa shape index (κ1) is 26.9. The molecule has 208 valence electrons. The summed E-state index contributed by atoms with van der Waals surface area (Å²) in [5.74, 6) is 0.775. The van der Waals surface area contributed by atoms with E-state index < -0.39 is 0 Å². The fraction of sp³-hybridized carbons (Fsp3) is 0.394. The lowest BCUT2D eigenvalue weighted by Gasteiger charge is -2.33. The van der Waals surface area contributed by atoms with Gasteiger partial charge in [0.25, 0.3) is 0 Å². The molecule has 0 spiro atoms. The Kier molecular flexibility index (Phi) is 7.62. The molecule has 3 aromatic rings. The van der Waals surface area contributed by atoms with Crippen LogP contribution in [0.2, 0.25) is 0 Å². The Bertz CT molecular complexity index is 1430. The molecule has 4 heterocycles. The highest BCUT2D eigenvalue weighted by Crippen LogP contribution is 2.51. The minimum atomic E-state index is -0.334. The average molecular weight is 558 g/mol. The van der Waals surface area contributed by atoms with Crippen LogP contribution in [0.15, 0.2) is 75.5 Å². The van der Waals surface area contributed by atoms with E-state index in [2.05, 4.69) is 26.0 Å². The lowest BCUT2D eigenvalue weighted by atomic mass is 9.67. The van der Waals surface area contributed by atoms with Crippen molar-refractivity contribution < 1.29 is 23.8 Å². The number of carbonyl (C=O) groups is 2. The van der Waals surface area contributed by atoms with Gasteiger partial charge in [0, 0.05) is 10.8 Å². The third-order valence-electron chi connectivity index (χ3n) is 8.60. The third kappa shape index (κ3) is 5.02. The Hall–Kier alpha value is -3.26. The maximum absolute atomic E-state index is 13.7. The van der Waals surface area contributed by atoms with E-state index in [0.717, 1.165) is 28.9 Å². The number of fused-ring (bicyclic) bond motifs is 3. The molecular weight excluding hydrogens is 522 g/mol. The molecule has 7 heteroatoms. The zero-order valence-corrected chi connectivity index (χ0v) is 23.7. The number of thiophene rings is 1. The van der Waals surface area contributed by atoms with Gasteiger partial charge in [0.05, 0.1) is 31.1 Å². The van der Waals surface area contributed by atoms with Crippen LogP contribution in [0.3, 0.4) is 0 Å². The number of benzene rings is 1. The minimum absolute atomic E-state index is 0.0287. The van der Waals surface area contributed by atoms with Crippen LogP contribution < -0.4 is 0 Å². The number of ether oxygens (including phenoxy) is 1. The highest BCUT2D eigenvalue weighted by molar-refractivity contribution is 7.09. The van der Waals surface area contributed by atoms with Gasteiger partial charge < -0.3 is 14.3 Å². The Labute approximate surface area is 239 Å². The van der Waals surface area contributed by atoms with Crippen LogP contribution in [0, 0.1) is 23.7 Å². The maximum Gasteiger partial charge on any atom is 0.234 e. The van der Waals surface area contributed by atoms with E-state index in [9.17, 15) is 14.7 Å². The van der Waals surface area contributed by atoms with Crippen molar-refractivity contribution in [3.05, 3.63) is 93.1 Å². The van der Waals surface area contributed by atoms with E-state index >= 15 is 0 Å². The highest BCUT2D eigenvalue weighted by Gasteiger charge is 2.57. The third-order valence-corrected chi connectivity index (χ3v) is 9.46. The van der Waals surface area contributed by atoms with Crippen LogP contribution in [-0.4, -0.2) is 34.5 Å². The number of likely N-dealkylation sites (tertiary alicyclic amines) is 1. The predicted molar refractivity (Wildman–Crippen MR) is 155 cm³/mol. The molecule has 4 atom stereocenters. The van der Waals surface area contributed by atoms with E-state index in [0.29, 0.717) is 31.1 Å². The number of carbonyl (C=O) groups excluding carboxylic acids is 2. The van der Waals surface area contributed by atoms with E-state index in [-0.39, 0.29) is 48.2 Å². The number of nitrogens with zero attached hydrogens (tertiary/aromatic N) is 1. The van der Waals surface area contributed by atoms with Crippen LogP contribution >= 0.6 is 11.3 Å². The molecule has 2 saturated heterocycles. The molecule has 2 fully saturated rings. The van der Waals surface area contributed by atoms with Gasteiger partial charge in [-0.1, -0.05) is 55.8 Å². The van der Waals surface area contributed by atoms with Gasteiger partial charge in [0.2, 0.25) is 11.8 Å². The zero-order valence-electron chi connectivity index (χ0n) is 22.9. The van der Waals surface area contributed by atoms with Gasteiger partial charge in [-0.05, 0) is 71.5 Å². The molecule has 0 bridgehead atoms. The summed E-state index contributed by atoms with van der Waals surface area (Å²) in [5.41, 5.74) is 4.78. The molecule has 1 N–H and O–H groups in total. The Morgan fingerprint density at radius 1 is 1.07 bits per heavy atom. The normalized spacial score (nSPS) is 24.8. The number of aliphatic hydroxyl groups is 1. The van der Waals surface area contributed by atoms with Crippen molar-refractivity contribution in [2.24, 2.45) is 23.7 Å². The first-order chi connectivity index (χ1) is 19.4. The van der Waals surface area contributed by atoms with Gasteiger partial charge in [0.1, 0.15) is 18.1 Å². The summed E-state index contributed by atoms with van der Waals surface area (Å²) in [4.78, 5) is 29.7. The second kappa shape index (κ2) is 11.3. The van der Waals surface area contributed by atoms with Crippen molar-refractivity contribution in [2.75, 3.05) is 6.61 Å². The summed E-state index contributed by atoms with van der Waals surface area (Å²) in [7, 11) is 0. The number of amides is 2. The summed E-state index contributed by atoms with van der Waals surface area (Å²) in [5, 5.41) is 11.4. The molecule has 6 rings (SSSR count). The summed E-state index contributed by atoms with van der Waals surface area (Å²) in [6.45, 7) is 5.08. The summed E-state index contributed by atoms with van der Waals surface area (Å²) >= 11 is 1.58. The molecule has 2 aliphatic heterocycles. The lowest BCUT2D eigenvalue weighted by Crippen LogP contribution is -2.35. The number of rotatable bonds is 9. The number of allylic oxidation sites excluding steroid dienone is 2. The van der Waals surface area contributed by atoms with Crippen LogP contribution in [0.25, 0.3) is 11.6 Å². The molecule has 2 amide bonds. The van der Waals surface area contributed by atoms with Crippen molar-refractivity contribution in [3.63, 3.8) is 0 Å². The standard InChI is InChI=1S/C33H35NO5S/c1-20(2)26-16-27-31(33(37)34(32(27)36)17-25-9-6-14-40-25)28-19-38-29(30(26)28)13-10-22(21-7-4-3-5-8-21)15-23-11-12-24(18-35)39-23/h3-9,11-12,14-15,20,27-29,31,35H,10,13,16-19H2,1-2H3/b22-15-/t27-,28+,29-,31-/m1/s1. The van der Waals surface area contributed by atoms with Crippen molar-refractivity contribution >= 4 is 34.8 Å². The molecule has 3 aliphatic rings. The van der Waals surface area contributed by atoms with Gasteiger partial charge in [0.15, 0.2) is 0 Å². The van der Waals surface area contributed by atoms with Crippen LogP contribution in [0.1, 0.15) is 55.1 Å². The van der Waals surface area contributed by atoms with Crippen molar-refractivity contribution in [3.8, 4) is 0 Å². The van der Waals surface area contributed by atoms with Crippen molar-refractivity contribution in [2.45, 2.75) is 52.4 Å². The summed E-state index contributed by atoms with van der Waals surface area (Å²) in [6.07, 6.45) is 4.12. The maximum atomic E-state index is 13.7. The number of furan rings is 1. The summed E-state index contributed by atoms with van der Waals surface area (Å²) in [6, 6.07) is 17.8. The number of aliphatic hydroxyl groups excluding tert-OH is 1. The molecule has 1 aliphatic carbocycles. The summed E-state index contributed by atoms with van der Waals surface area (Å²) < 4.78 is 12.2. The molecule has 0 saturated carbocycles. The fourth-order valence-electron chi connectivity index (χ4n) is 6.71. The molecular formula is C33H35NO5S. The van der Waals surface area contributed by atoms with Crippen LogP contribution in [0.4, 0.5) is 0 Å². The molecule has 1 aromatic carbocycles. The number of hydrogen-bond acceptors (Lipinski definition) is 6. The van der Waals surface area contributed by atoms with E-state index in [4.69, 9.17) is 9.15 Å². The van der Waals surface area contributed by atoms with Crippen LogP contribution in [-0.2, 0) is 27.5 Å². The van der Waals surface area contributed by atoms with Crippen molar-refractivity contribution in [1.82, 2.24) is 4.90 Å². The monoisotopic (exact) mass is 557 g/mol. The SMILES string of the molecule is CC(C)C1=C2[C@@H](CC/C(=C/c3ccc(CO)o3)c3ccccc3)OC[C@@H]2[C@@H]2C(=O)N(Cc3cccs3)C(=O)[C@@H]2C1. The smallest absolute Gasteiger partial charge is 0.234 e. The fourth-order valence-corrected chi connectivity index (χ4v) is 7.40. The number of hydrogen-bond donors (Lipinski definition) is 1. The minimum Gasteiger partial charge on any atom is -0.459 e. The van der Waals surface area contributed by atoms with Gasteiger partial charge in [-0.15, -0.1) is 11.3 Å². The first-order valence-electron chi connectivity index (χ1n) is 14.1. The van der Waals surface area contributed by atoms with Gasteiger partial charge in [-0.3, -0.25) is 14.5 Å². The van der Waals surface area contributed by atoms with E-state index in [1.165, 1.54) is 16.0 Å². The largest absolute Gasteiger partial charge is 0.459 e. The second-order valence-corrected chi connectivity index (χ2v) is 12.3. The molecule has 0 radical (unpaired) electrons. The average Bonchev–Trinajstić information content (AvgIpc) is 3.77. The molecule has 0 unspecified atom stereocenters. The van der Waals surface area contributed by atoms with Gasteiger partial charge in [-0.25, -0.2) is 0 Å². The van der Waals surface area contributed by atoms with E-state index in [1.807, 2.05) is 47.9 Å². The topological polar surface area (TPSA) is 80.0 Å². The lowest BCUT2D eigenvalue weighted by molar-refractivity contribution is -0.140. The van der Waals surface area contributed by atoms with Crippen molar-refractivity contribution in [1.29, 1.82) is 0 Å². The second-order valence-electron chi connectivity index (χ2n) is 11.3. The van der Waals surface area contributed by atoms with Gasteiger partial charge in [-0.2, -0.15) is 0 Å².